The molecule has 0 aromatic heterocycles. The average Bonchev–Trinajstić information content (AvgIpc) is 2.29. The highest BCUT2D eigenvalue weighted by Gasteiger charge is 2.13. The minimum Gasteiger partial charge on any atom is -0.385 e. The van der Waals surface area contributed by atoms with Crippen LogP contribution in [0.2, 0.25) is 0 Å². The van der Waals surface area contributed by atoms with E-state index in [4.69, 9.17) is 5.14 Å². The first-order chi connectivity index (χ1) is 8.46. The van der Waals surface area contributed by atoms with Crippen molar-refractivity contribution in [3.8, 4) is 0 Å². The second-order valence-electron chi connectivity index (χ2n) is 3.95. The Morgan fingerprint density at radius 3 is 2.72 bits per heavy atom. The highest BCUT2D eigenvalue weighted by Crippen LogP contribution is 2.21. The Bertz CT molecular complexity index is 487. The molecule has 3 N–H and O–H groups in total. The minimum absolute atomic E-state index is 0.190. The van der Waals surface area contributed by atoms with Crippen molar-refractivity contribution in [3.05, 3.63) is 23.8 Å². The first-order valence-corrected chi connectivity index (χ1v) is 8.61. The summed E-state index contributed by atoms with van der Waals surface area (Å²) in [5, 5.41) is 8.41. The second-order valence-corrected chi connectivity index (χ2v) is 6.87. The molecular weight excluding hydrogens is 268 g/mol. The van der Waals surface area contributed by atoms with Gasteiger partial charge in [0, 0.05) is 12.2 Å². The van der Waals surface area contributed by atoms with E-state index in [1.807, 2.05) is 17.8 Å². The van der Waals surface area contributed by atoms with Crippen molar-refractivity contribution in [2.75, 3.05) is 23.4 Å². The maximum absolute atomic E-state index is 11.4. The molecule has 6 heteroatoms. The molecule has 0 aliphatic rings. The zero-order valence-corrected chi connectivity index (χ0v) is 12.4. The minimum atomic E-state index is -3.64. The van der Waals surface area contributed by atoms with E-state index >= 15 is 0 Å². The van der Waals surface area contributed by atoms with Crippen molar-refractivity contribution < 1.29 is 8.42 Å². The maximum Gasteiger partial charge on any atom is 0.238 e. The van der Waals surface area contributed by atoms with E-state index in [0.29, 0.717) is 5.56 Å². The fourth-order valence-electron chi connectivity index (χ4n) is 1.66. The fourth-order valence-corrected chi connectivity index (χ4v) is 3.10. The Kier molecular flexibility index (Phi) is 5.98. The predicted molar refractivity (Wildman–Crippen MR) is 78.7 cm³/mol. The molecule has 0 aliphatic heterocycles. The molecule has 0 atom stereocenters. The molecule has 0 radical (unpaired) electrons. The summed E-state index contributed by atoms with van der Waals surface area (Å²) in [5.74, 6) is 2.23. The molecule has 1 rings (SSSR count). The van der Waals surface area contributed by atoms with Gasteiger partial charge in [0.1, 0.15) is 0 Å². The van der Waals surface area contributed by atoms with Crippen molar-refractivity contribution in [1.29, 1.82) is 0 Å². The Morgan fingerprint density at radius 1 is 1.39 bits per heavy atom. The van der Waals surface area contributed by atoms with Gasteiger partial charge >= 0.3 is 0 Å². The number of hydrogen-bond acceptors (Lipinski definition) is 4. The van der Waals surface area contributed by atoms with Gasteiger partial charge < -0.3 is 5.32 Å². The largest absolute Gasteiger partial charge is 0.385 e. The summed E-state index contributed by atoms with van der Waals surface area (Å²) in [6, 6.07) is 5.11. The summed E-state index contributed by atoms with van der Waals surface area (Å²) >= 11 is 1.90. The Balaban J connectivity index is 2.67. The van der Waals surface area contributed by atoms with Crippen LogP contribution >= 0.6 is 11.8 Å². The van der Waals surface area contributed by atoms with Crippen LogP contribution in [-0.4, -0.2) is 26.5 Å². The van der Waals surface area contributed by atoms with Crippen LogP contribution in [0.5, 0.6) is 0 Å². The highest BCUT2D eigenvalue weighted by atomic mass is 32.2. The van der Waals surface area contributed by atoms with Crippen molar-refractivity contribution in [2.24, 2.45) is 5.14 Å². The van der Waals surface area contributed by atoms with Crippen molar-refractivity contribution in [3.63, 3.8) is 0 Å². The van der Waals surface area contributed by atoms with Gasteiger partial charge in [0.25, 0.3) is 0 Å². The summed E-state index contributed by atoms with van der Waals surface area (Å²) < 4.78 is 22.7. The van der Waals surface area contributed by atoms with Crippen LogP contribution in [0.1, 0.15) is 18.9 Å². The van der Waals surface area contributed by atoms with Gasteiger partial charge in [-0.25, -0.2) is 13.6 Å². The molecule has 1 aromatic rings. The lowest BCUT2D eigenvalue weighted by molar-refractivity contribution is 0.597. The van der Waals surface area contributed by atoms with Gasteiger partial charge in [-0.05, 0) is 42.5 Å². The van der Waals surface area contributed by atoms with E-state index in [0.717, 1.165) is 30.2 Å². The molecule has 0 saturated carbocycles. The summed E-state index contributed by atoms with van der Waals surface area (Å²) in [5.41, 5.74) is 1.52. The number of primary sulfonamides is 1. The summed E-state index contributed by atoms with van der Waals surface area (Å²) in [6.45, 7) is 4.74. The van der Waals surface area contributed by atoms with Gasteiger partial charge in [-0.1, -0.05) is 13.0 Å². The van der Waals surface area contributed by atoms with Crippen LogP contribution in [0.4, 0.5) is 5.69 Å². The van der Waals surface area contributed by atoms with E-state index < -0.39 is 10.0 Å². The zero-order valence-electron chi connectivity index (χ0n) is 10.8. The molecule has 0 bridgehead atoms. The van der Waals surface area contributed by atoms with Crippen LogP contribution in [0, 0.1) is 6.92 Å². The quantitative estimate of drug-likeness (QED) is 0.754. The number of benzene rings is 1. The van der Waals surface area contributed by atoms with E-state index in [1.165, 1.54) is 6.07 Å². The normalized spacial score (nSPS) is 11.5. The SMILES string of the molecule is CCSCCCNc1cccc(S(N)(=O)=O)c1C. The molecule has 102 valence electrons. The lowest BCUT2D eigenvalue weighted by Gasteiger charge is -2.12. The molecule has 0 spiro atoms. The van der Waals surface area contributed by atoms with Gasteiger partial charge in [0.15, 0.2) is 0 Å². The van der Waals surface area contributed by atoms with Crippen LogP contribution in [0.25, 0.3) is 0 Å². The predicted octanol–water partition coefficient (Wildman–Crippen LogP) is 2.20. The van der Waals surface area contributed by atoms with Crippen LogP contribution in [0.3, 0.4) is 0 Å². The third-order valence-corrected chi connectivity index (χ3v) is 4.62. The number of nitrogens with one attached hydrogen (secondary N) is 1. The standard InChI is InChI=1S/C12H20N2O2S2/c1-3-17-9-5-8-14-11-6-4-7-12(10(11)2)18(13,15)16/h4,6-7,14H,3,5,8-9H2,1-2H3,(H2,13,15,16). The summed E-state index contributed by atoms with van der Waals surface area (Å²) in [4.78, 5) is 0.190. The van der Waals surface area contributed by atoms with Gasteiger partial charge in [-0.2, -0.15) is 11.8 Å². The third kappa shape index (κ3) is 4.51. The fraction of sp³-hybridized carbons (Fsp3) is 0.500. The van der Waals surface area contributed by atoms with Crippen LogP contribution in [-0.2, 0) is 10.0 Å². The topological polar surface area (TPSA) is 72.2 Å². The second kappa shape index (κ2) is 7.01. The molecule has 0 amide bonds. The molecule has 0 aliphatic carbocycles. The highest BCUT2D eigenvalue weighted by molar-refractivity contribution is 7.99. The first-order valence-electron chi connectivity index (χ1n) is 5.91. The Hall–Kier alpha value is -0.720. The third-order valence-electron chi connectivity index (χ3n) is 2.58. The van der Waals surface area contributed by atoms with Crippen molar-refractivity contribution >= 4 is 27.5 Å². The van der Waals surface area contributed by atoms with Gasteiger partial charge in [0.05, 0.1) is 4.90 Å². The molecule has 4 nitrogen and oxygen atoms in total. The lowest BCUT2D eigenvalue weighted by Crippen LogP contribution is -2.15. The number of thioether (sulfide) groups is 1. The van der Waals surface area contributed by atoms with Crippen molar-refractivity contribution in [2.45, 2.75) is 25.2 Å². The lowest BCUT2D eigenvalue weighted by atomic mass is 10.2. The molecule has 1 aromatic carbocycles. The zero-order chi connectivity index (χ0) is 13.6. The van der Waals surface area contributed by atoms with Crippen molar-refractivity contribution in [1.82, 2.24) is 0 Å². The van der Waals surface area contributed by atoms with E-state index in [9.17, 15) is 8.42 Å². The number of nitrogens with two attached hydrogens (primary N) is 1. The summed E-state index contributed by atoms with van der Waals surface area (Å²) in [7, 11) is -3.64. The number of anilines is 1. The van der Waals surface area contributed by atoms with Gasteiger partial charge in [-0.15, -0.1) is 0 Å². The van der Waals surface area contributed by atoms with Gasteiger partial charge in [-0.3, -0.25) is 0 Å². The van der Waals surface area contributed by atoms with E-state index in [2.05, 4.69) is 12.2 Å². The molecule has 0 unspecified atom stereocenters. The van der Waals surface area contributed by atoms with E-state index in [-0.39, 0.29) is 4.90 Å². The van der Waals surface area contributed by atoms with Crippen LogP contribution < -0.4 is 10.5 Å². The number of rotatable bonds is 7. The molecule has 18 heavy (non-hydrogen) atoms. The molecular formula is C12H20N2O2S2. The maximum atomic E-state index is 11.4. The van der Waals surface area contributed by atoms with Crippen LogP contribution in [0.15, 0.2) is 23.1 Å². The Morgan fingerprint density at radius 2 is 2.11 bits per heavy atom. The smallest absolute Gasteiger partial charge is 0.238 e. The number of hydrogen-bond donors (Lipinski definition) is 2. The molecule has 0 fully saturated rings. The molecule has 0 heterocycles. The summed E-state index contributed by atoms with van der Waals surface area (Å²) in [6.07, 6.45) is 1.05. The average molecular weight is 288 g/mol. The molecule has 0 saturated heterocycles. The van der Waals surface area contributed by atoms with E-state index in [1.54, 1.807) is 13.0 Å². The Labute approximate surface area is 113 Å². The number of sulfonamides is 1. The van der Waals surface area contributed by atoms with Gasteiger partial charge in [0.2, 0.25) is 10.0 Å². The monoisotopic (exact) mass is 288 g/mol. The first kappa shape index (κ1) is 15.3.